The first kappa shape index (κ1) is 9.68. The van der Waals surface area contributed by atoms with Crippen LogP contribution in [0.25, 0.3) is 10.1 Å². The maximum absolute atomic E-state index is 11.4. The van der Waals surface area contributed by atoms with E-state index in [1.54, 1.807) is 5.38 Å². The van der Waals surface area contributed by atoms with E-state index in [1.807, 2.05) is 18.2 Å². The summed E-state index contributed by atoms with van der Waals surface area (Å²) in [5.74, 6) is 0. The fourth-order valence-electron chi connectivity index (χ4n) is 1.34. The fourth-order valence-corrected chi connectivity index (χ4v) is 3.62. The minimum Gasteiger partial charge on any atom is -0.224 e. The SMILES string of the molecule is [CH2]c1ccc2scc(S(C)(=O)=O)c2c1. The van der Waals surface area contributed by atoms with Gasteiger partial charge in [0.15, 0.2) is 9.84 Å². The van der Waals surface area contributed by atoms with Crippen LogP contribution >= 0.6 is 11.3 Å². The molecule has 0 unspecified atom stereocenters. The highest BCUT2D eigenvalue weighted by Gasteiger charge is 2.13. The van der Waals surface area contributed by atoms with Gasteiger partial charge in [0.05, 0.1) is 4.90 Å². The Hall–Kier alpha value is -0.870. The van der Waals surface area contributed by atoms with Crippen molar-refractivity contribution in [2.45, 2.75) is 4.90 Å². The normalized spacial score (nSPS) is 12.1. The van der Waals surface area contributed by atoms with Crippen LogP contribution in [0.3, 0.4) is 0 Å². The fraction of sp³-hybridized carbons (Fsp3) is 0.100. The van der Waals surface area contributed by atoms with Crippen LogP contribution in [0, 0.1) is 6.92 Å². The molecule has 2 nitrogen and oxygen atoms in total. The van der Waals surface area contributed by atoms with Crippen molar-refractivity contribution in [2.24, 2.45) is 0 Å². The Bertz CT molecular complexity index is 579. The van der Waals surface area contributed by atoms with Gasteiger partial charge in [0.25, 0.3) is 0 Å². The molecule has 0 spiro atoms. The molecule has 0 saturated heterocycles. The molecule has 1 heterocycles. The van der Waals surface area contributed by atoms with E-state index in [1.165, 1.54) is 17.6 Å². The molecule has 0 fully saturated rings. The predicted molar refractivity (Wildman–Crippen MR) is 59.4 cm³/mol. The van der Waals surface area contributed by atoms with Crippen LogP contribution in [0.1, 0.15) is 5.56 Å². The topological polar surface area (TPSA) is 34.1 Å². The van der Waals surface area contributed by atoms with E-state index in [0.29, 0.717) is 4.90 Å². The second-order valence-electron chi connectivity index (χ2n) is 3.20. The van der Waals surface area contributed by atoms with E-state index < -0.39 is 9.84 Å². The summed E-state index contributed by atoms with van der Waals surface area (Å²) in [5, 5.41) is 2.46. The Kier molecular flexibility index (Phi) is 2.12. The van der Waals surface area contributed by atoms with E-state index in [0.717, 1.165) is 15.6 Å². The highest BCUT2D eigenvalue weighted by atomic mass is 32.2. The Labute approximate surface area is 87.1 Å². The lowest BCUT2D eigenvalue weighted by atomic mass is 10.2. The molecule has 0 N–H and O–H groups in total. The standard InChI is InChI=1S/C10H9O2S2/c1-7-3-4-9-8(5-7)10(6-13-9)14(2,11)12/h3-6H,1H2,2H3. The Morgan fingerprint density at radius 2 is 2.07 bits per heavy atom. The molecule has 0 bridgehead atoms. The molecule has 1 aromatic carbocycles. The van der Waals surface area contributed by atoms with Crippen LogP contribution in [0.2, 0.25) is 0 Å². The quantitative estimate of drug-likeness (QED) is 0.747. The van der Waals surface area contributed by atoms with Crippen LogP contribution in [-0.4, -0.2) is 14.7 Å². The zero-order valence-electron chi connectivity index (χ0n) is 7.65. The second kappa shape index (κ2) is 3.07. The van der Waals surface area contributed by atoms with Crippen molar-refractivity contribution in [3.63, 3.8) is 0 Å². The first-order valence-corrected chi connectivity index (χ1v) is 6.79. The van der Waals surface area contributed by atoms with Crippen molar-refractivity contribution in [1.29, 1.82) is 0 Å². The first-order valence-electron chi connectivity index (χ1n) is 4.02. The maximum atomic E-state index is 11.4. The molecule has 73 valence electrons. The van der Waals surface area contributed by atoms with Crippen LogP contribution in [-0.2, 0) is 9.84 Å². The minimum absolute atomic E-state index is 0.406. The average Bonchev–Trinajstić information content (AvgIpc) is 2.45. The first-order chi connectivity index (χ1) is 6.48. The summed E-state index contributed by atoms with van der Waals surface area (Å²) in [5.41, 5.74) is 0.834. The van der Waals surface area contributed by atoms with Crippen molar-refractivity contribution in [2.75, 3.05) is 6.26 Å². The molecule has 0 aliphatic carbocycles. The van der Waals surface area contributed by atoms with Gasteiger partial charge in [0.1, 0.15) is 0 Å². The Morgan fingerprint density at radius 1 is 1.36 bits per heavy atom. The monoisotopic (exact) mass is 225 g/mol. The molecular weight excluding hydrogens is 216 g/mol. The molecule has 1 radical (unpaired) electrons. The number of sulfone groups is 1. The zero-order chi connectivity index (χ0) is 10.3. The van der Waals surface area contributed by atoms with Crippen LogP contribution < -0.4 is 0 Å². The molecule has 14 heavy (non-hydrogen) atoms. The maximum Gasteiger partial charge on any atom is 0.176 e. The summed E-state index contributed by atoms with van der Waals surface area (Å²) < 4.78 is 23.8. The zero-order valence-corrected chi connectivity index (χ0v) is 9.28. The minimum atomic E-state index is -3.12. The third kappa shape index (κ3) is 1.55. The summed E-state index contributed by atoms with van der Waals surface area (Å²) in [4.78, 5) is 0.406. The molecule has 4 heteroatoms. The van der Waals surface area contributed by atoms with E-state index in [-0.39, 0.29) is 0 Å². The average molecular weight is 225 g/mol. The molecule has 0 aliphatic heterocycles. The molecular formula is C10H9O2S2. The molecule has 0 saturated carbocycles. The largest absolute Gasteiger partial charge is 0.224 e. The number of thiophene rings is 1. The number of rotatable bonds is 1. The summed E-state index contributed by atoms with van der Waals surface area (Å²) in [7, 11) is -3.12. The van der Waals surface area contributed by atoms with Gasteiger partial charge in [-0.2, -0.15) is 0 Å². The smallest absolute Gasteiger partial charge is 0.176 e. The Balaban J connectivity index is 2.87. The van der Waals surface area contributed by atoms with E-state index in [9.17, 15) is 8.42 Å². The van der Waals surface area contributed by atoms with Crippen LogP contribution in [0.5, 0.6) is 0 Å². The van der Waals surface area contributed by atoms with E-state index in [2.05, 4.69) is 6.92 Å². The number of hydrogen-bond acceptors (Lipinski definition) is 3. The molecule has 0 amide bonds. The molecule has 0 aliphatic rings. The highest BCUT2D eigenvalue weighted by Crippen LogP contribution is 2.29. The third-order valence-corrected chi connectivity index (χ3v) is 4.25. The van der Waals surface area contributed by atoms with E-state index >= 15 is 0 Å². The molecule has 2 aromatic rings. The van der Waals surface area contributed by atoms with Gasteiger partial charge in [-0.1, -0.05) is 6.07 Å². The van der Waals surface area contributed by atoms with Gasteiger partial charge in [0.2, 0.25) is 0 Å². The van der Waals surface area contributed by atoms with Gasteiger partial charge in [-0.25, -0.2) is 8.42 Å². The van der Waals surface area contributed by atoms with Crippen LogP contribution in [0.15, 0.2) is 28.5 Å². The van der Waals surface area contributed by atoms with E-state index in [4.69, 9.17) is 0 Å². The van der Waals surface area contributed by atoms with Gasteiger partial charge in [-0.15, -0.1) is 11.3 Å². The summed E-state index contributed by atoms with van der Waals surface area (Å²) >= 11 is 1.44. The van der Waals surface area contributed by atoms with Crippen molar-refractivity contribution in [3.05, 3.63) is 36.1 Å². The molecule has 0 atom stereocenters. The van der Waals surface area contributed by atoms with Gasteiger partial charge < -0.3 is 0 Å². The number of fused-ring (bicyclic) bond motifs is 1. The lowest BCUT2D eigenvalue weighted by molar-refractivity contribution is 0.603. The molecule has 2 rings (SSSR count). The van der Waals surface area contributed by atoms with Crippen molar-refractivity contribution in [3.8, 4) is 0 Å². The number of hydrogen-bond donors (Lipinski definition) is 0. The third-order valence-electron chi connectivity index (χ3n) is 2.00. The predicted octanol–water partition coefficient (Wildman–Crippen LogP) is 2.49. The van der Waals surface area contributed by atoms with Crippen molar-refractivity contribution < 1.29 is 8.42 Å². The van der Waals surface area contributed by atoms with Gasteiger partial charge in [-0.05, 0) is 24.6 Å². The van der Waals surface area contributed by atoms with Crippen LogP contribution in [0.4, 0.5) is 0 Å². The lowest BCUT2D eigenvalue weighted by Gasteiger charge is -1.96. The summed E-state index contributed by atoms with van der Waals surface area (Å²) in [6.07, 6.45) is 1.23. The van der Waals surface area contributed by atoms with Crippen molar-refractivity contribution >= 4 is 31.3 Å². The number of benzene rings is 1. The Morgan fingerprint density at radius 3 is 2.71 bits per heavy atom. The van der Waals surface area contributed by atoms with Gasteiger partial charge >= 0.3 is 0 Å². The highest BCUT2D eigenvalue weighted by molar-refractivity contribution is 7.91. The van der Waals surface area contributed by atoms with Crippen molar-refractivity contribution in [1.82, 2.24) is 0 Å². The summed E-state index contributed by atoms with van der Waals surface area (Å²) in [6, 6.07) is 5.59. The second-order valence-corrected chi connectivity index (χ2v) is 6.10. The lowest BCUT2D eigenvalue weighted by Crippen LogP contribution is -1.94. The molecule has 1 aromatic heterocycles. The summed E-state index contributed by atoms with van der Waals surface area (Å²) in [6.45, 7) is 3.78. The van der Waals surface area contributed by atoms with Gasteiger partial charge in [-0.3, -0.25) is 0 Å². The van der Waals surface area contributed by atoms with Gasteiger partial charge in [0, 0.05) is 21.7 Å².